The molecule has 1 aromatic heterocycles. The lowest BCUT2D eigenvalue weighted by molar-refractivity contribution is 0.591. The van der Waals surface area contributed by atoms with Crippen molar-refractivity contribution in [3.63, 3.8) is 0 Å². The Bertz CT molecular complexity index is 342. The number of aromatic nitrogens is 1. The third-order valence-corrected chi connectivity index (χ3v) is 2.78. The van der Waals surface area contributed by atoms with E-state index in [9.17, 15) is 8.42 Å². The first-order valence-electron chi connectivity index (χ1n) is 3.28. The van der Waals surface area contributed by atoms with Crippen LogP contribution in [0, 0.1) is 13.8 Å². The molecule has 0 saturated heterocycles. The summed E-state index contributed by atoms with van der Waals surface area (Å²) < 4.78 is 23.5. The SMILES string of the molecule is Cc1ccc(C)n1S(C)(=O)=O. The van der Waals surface area contributed by atoms with Crippen molar-refractivity contribution in [3.8, 4) is 0 Å². The zero-order valence-electron chi connectivity index (χ0n) is 6.83. The predicted molar refractivity (Wildman–Crippen MR) is 44.1 cm³/mol. The van der Waals surface area contributed by atoms with Crippen LogP contribution in [0.1, 0.15) is 11.4 Å². The molecule has 0 N–H and O–H groups in total. The summed E-state index contributed by atoms with van der Waals surface area (Å²) in [6, 6.07) is 3.58. The third-order valence-electron chi connectivity index (χ3n) is 1.54. The summed E-state index contributed by atoms with van der Waals surface area (Å²) in [7, 11) is -3.10. The standard InChI is InChI=1S/C7H11NO2S/c1-6-4-5-7(2)8(6)11(3,9)10/h4-5H,1-3H3. The zero-order valence-corrected chi connectivity index (χ0v) is 7.64. The van der Waals surface area contributed by atoms with Crippen molar-refractivity contribution in [1.29, 1.82) is 0 Å². The van der Waals surface area contributed by atoms with E-state index in [1.807, 2.05) is 0 Å². The molecule has 1 heterocycles. The maximum atomic E-state index is 11.1. The first-order chi connectivity index (χ1) is 4.93. The zero-order chi connectivity index (χ0) is 8.65. The minimum atomic E-state index is -3.10. The van der Waals surface area contributed by atoms with E-state index < -0.39 is 10.0 Å². The first kappa shape index (κ1) is 8.33. The largest absolute Gasteiger partial charge is 0.247 e. The number of rotatable bonds is 1. The Hall–Kier alpha value is -0.770. The maximum Gasteiger partial charge on any atom is 0.235 e. The summed E-state index contributed by atoms with van der Waals surface area (Å²) >= 11 is 0. The fourth-order valence-corrected chi connectivity index (χ4v) is 2.35. The summed E-state index contributed by atoms with van der Waals surface area (Å²) in [6.45, 7) is 3.54. The van der Waals surface area contributed by atoms with Crippen LogP contribution in [-0.4, -0.2) is 18.6 Å². The second-order valence-electron chi connectivity index (χ2n) is 2.64. The summed E-state index contributed by atoms with van der Waals surface area (Å²) in [6.07, 6.45) is 1.20. The molecule has 1 rings (SSSR count). The topological polar surface area (TPSA) is 39.1 Å². The molecule has 0 radical (unpaired) electrons. The van der Waals surface area contributed by atoms with E-state index in [4.69, 9.17) is 0 Å². The van der Waals surface area contributed by atoms with Crippen molar-refractivity contribution in [1.82, 2.24) is 3.97 Å². The van der Waals surface area contributed by atoms with Crippen molar-refractivity contribution in [2.75, 3.05) is 6.26 Å². The lowest BCUT2D eigenvalue weighted by Crippen LogP contribution is -2.12. The third kappa shape index (κ3) is 1.45. The average molecular weight is 173 g/mol. The second-order valence-corrected chi connectivity index (χ2v) is 4.47. The summed E-state index contributed by atoms with van der Waals surface area (Å²) in [5, 5.41) is 0. The van der Waals surface area contributed by atoms with Gasteiger partial charge in [-0.25, -0.2) is 12.4 Å². The molecular weight excluding hydrogens is 162 g/mol. The van der Waals surface area contributed by atoms with Gasteiger partial charge in [0.05, 0.1) is 6.26 Å². The Morgan fingerprint density at radius 2 is 1.55 bits per heavy atom. The van der Waals surface area contributed by atoms with Crippen molar-refractivity contribution < 1.29 is 8.42 Å². The maximum absolute atomic E-state index is 11.1. The summed E-state index contributed by atoms with van der Waals surface area (Å²) in [5.41, 5.74) is 1.51. The van der Waals surface area contributed by atoms with E-state index in [1.54, 1.807) is 26.0 Å². The van der Waals surface area contributed by atoms with Gasteiger partial charge in [-0.1, -0.05) is 0 Å². The fraction of sp³-hybridized carbons (Fsp3) is 0.429. The molecule has 0 saturated carbocycles. The van der Waals surface area contributed by atoms with Crippen LogP contribution in [-0.2, 0) is 10.0 Å². The lowest BCUT2D eigenvalue weighted by Gasteiger charge is -2.04. The Morgan fingerprint density at radius 1 is 1.18 bits per heavy atom. The molecule has 0 bridgehead atoms. The Kier molecular flexibility index (Phi) is 1.80. The highest BCUT2D eigenvalue weighted by Gasteiger charge is 2.09. The van der Waals surface area contributed by atoms with Crippen LogP contribution in [0.4, 0.5) is 0 Å². The van der Waals surface area contributed by atoms with Crippen LogP contribution in [0.3, 0.4) is 0 Å². The van der Waals surface area contributed by atoms with Crippen LogP contribution >= 0.6 is 0 Å². The average Bonchev–Trinajstić information content (AvgIpc) is 2.08. The summed E-state index contributed by atoms with van der Waals surface area (Å²) in [5.74, 6) is 0. The molecule has 0 spiro atoms. The highest BCUT2D eigenvalue weighted by molar-refractivity contribution is 7.89. The normalized spacial score (nSPS) is 11.9. The lowest BCUT2D eigenvalue weighted by atomic mass is 10.5. The molecule has 0 aromatic carbocycles. The molecule has 11 heavy (non-hydrogen) atoms. The molecule has 4 heteroatoms. The van der Waals surface area contributed by atoms with Gasteiger partial charge < -0.3 is 0 Å². The highest BCUT2D eigenvalue weighted by Crippen LogP contribution is 2.09. The highest BCUT2D eigenvalue weighted by atomic mass is 32.2. The Labute approximate surface area is 66.7 Å². The number of aryl methyl sites for hydroxylation is 2. The molecule has 0 atom stereocenters. The van der Waals surface area contributed by atoms with Gasteiger partial charge in [-0.15, -0.1) is 0 Å². The first-order valence-corrected chi connectivity index (χ1v) is 5.13. The Morgan fingerprint density at radius 3 is 1.73 bits per heavy atom. The van der Waals surface area contributed by atoms with Crippen LogP contribution in [0.5, 0.6) is 0 Å². The smallest absolute Gasteiger partial charge is 0.235 e. The van der Waals surface area contributed by atoms with E-state index in [1.165, 1.54) is 10.2 Å². The molecule has 62 valence electrons. The van der Waals surface area contributed by atoms with Gasteiger partial charge in [0.2, 0.25) is 10.0 Å². The molecule has 0 aliphatic heterocycles. The monoisotopic (exact) mass is 173 g/mol. The van der Waals surface area contributed by atoms with Crippen LogP contribution in [0.15, 0.2) is 12.1 Å². The number of hydrogen-bond donors (Lipinski definition) is 0. The minimum Gasteiger partial charge on any atom is -0.247 e. The van der Waals surface area contributed by atoms with Gasteiger partial charge in [-0.2, -0.15) is 0 Å². The molecule has 1 aromatic rings. The van der Waals surface area contributed by atoms with E-state index >= 15 is 0 Å². The Balaban J connectivity index is 3.45. The van der Waals surface area contributed by atoms with Gasteiger partial charge >= 0.3 is 0 Å². The molecule has 0 unspecified atom stereocenters. The van der Waals surface area contributed by atoms with Crippen LogP contribution in [0.2, 0.25) is 0 Å². The van der Waals surface area contributed by atoms with Crippen molar-refractivity contribution in [3.05, 3.63) is 23.5 Å². The number of nitrogens with zero attached hydrogens (tertiary/aromatic N) is 1. The number of hydrogen-bond acceptors (Lipinski definition) is 2. The minimum absolute atomic E-state index is 0.755. The van der Waals surface area contributed by atoms with Crippen molar-refractivity contribution >= 4 is 10.0 Å². The van der Waals surface area contributed by atoms with E-state index in [-0.39, 0.29) is 0 Å². The second kappa shape index (κ2) is 2.37. The summed E-state index contributed by atoms with van der Waals surface area (Å²) in [4.78, 5) is 0. The van der Waals surface area contributed by atoms with Gasteiger partial charge in [-0.3, -0.25) is 0 Å². The van der Waals surface area contributed by atoms with Gasteiger partial charge in [-0.05, 0) is 26.0 Å². The molecule has 3 nitrogen and oxygen atoms in total. The van der Waals surface area contributed by atoms with Gasteiger partial charge in [0.25, 0.3) is 0 Å². The molecule has 0 fully saturated rings. The van der Waals surface area contributed by atoms with Crippen molar-refractivity contribution in [2.45, 2.75) is 13.8 Å². The van der Waals surface area contributed by atoms with Crippen molar-refractivity contribution in [2.24, 2.45) is 0 Å². The molecule has 0 aliphatic rings. The van der Waals surface area contributed by atoms with E-state index in [0.717, 1.165) is 11.4 Å². The van der Waals surface area contributed by atoms with E-state index in [2.05, 4.69) is 0 Å². The molecular formula is C7H11NO2S. The van der Waals surface area contributed by atoms with Gasteiger partial charge in [0, 0.05) is 11.4 Å². The van der Waals surface area contributed by atoms with Gasteiger partial charge in [0.15, 0.2) is 0 Å². The van der Waals surface area contributed by atoms with Crippen LogP contribution < -0.4 is 0 Å². The quantitative estimate of drug-likeness (QED) is 0.633. The van der Waals surface area contributed by atoms with Crippen LogP contribution in [0.25, 0.3) is 0 Å². The van der Waals surface area contributed by atoms with Gasteiger partial charge in [0.1, 0.15) is 0 Å². The van der Waals surface area contributed by atoms with E-state index in [0.29, 0.717) is 0 Å². The predicted octanol–water partition coefficient (Wildman–Crippen LogP) is 0.913. The molecule has 0 amide bonds. The fourth-order valence-electron chi connectivity index (χ4n) is 1.18. The molecule has 0 aliphatic carbocycles.